The van der Waals surface area contributed by atoms with Gasteiger partial charge in [0.25, 0.3) is 0 Å². The number of nitrogens with one attached hydrogen (secondary N) is 1. The zero-order valence-corrected chi connectivity index (χ0v) is 21.0. The van der Waals surface area contributed by atoms with Crippen molar-refractivity contribution in [3.05, 3.63) is 94.5 Å². The molecule has 0 bridgehead atoms. The van der Waals surface area contributed by atoms with Crippen LogP contribution in [0.1, 0.15) is 41.6 Å². The normalized spacial score (nSPS) is 18.6. The van der Waals surface area contributed by atoms with Crippen molar-refractivity contribution in [3.8, 4) is 11.5 Å². The maximum atomic E-state index is 13.3. The largest absolute Gasteiger partial charge is 0.457 e. The third-order valence-electron chi connectivity index (χ3n) is 6.85. The Morgan fingerprint density at radius 3 is 2.32 bits per heavy atom. The zero-order valence-electron chi connectivity index (χ0n) is 20.2. The van der Waals surface area contributed by atoms with E-state index < -0.39 is 23.8 Å². The Morgan fingerprint density at radius 1 is 1.00 bits per heavy atom. The molecule has 5 rings (SSSR count). The van der Waals surface area contributed by atoms with Crippen LogP contribution in [0.15, 0.2) is 72.8 Å². The highest BCUT2D eigenvalue weighted by atomic mass is 35.5. The summed E-state index contributed by atoms with van der Waals surface area (Å²) in [5.74, 6) is 1.18. The molecule has 0 radical (unpaired) electrons. The standard InChI is InChI=1S/C28H25ClF3N3O3/c29-21-8-12-23(13-9-21)38-22-10-6-18(7-11-22)25(34-14-2-5-26(34)36)17-35-24(16-33-27(35)37)19-3-1-4-20(15-19)28(30,31)32/h1,3-4,6-13,15,24-25H,2,5,14,16-17H2,(H,33,37). The van der Waals surface area contributed by atoms with Crippen molar-refractivity contribution < 1.29 is 27.5 Å². The Kier molecular flexibility index (Phi) is 7.21. The van der Waals surface area contributed by atoms with E-state index in [1.165, 1.54) is 11.0 Å². The lowest BCUT2D eigenvalue weighted by molar-refractivity contribution is -0.137. The Labute approximate surface area is 222 Å². The van der Waals surface area contributed by atoms with Gasteiger partial charge in [-0.1, -0.05) is 35.9 Å². The summed E-state index contributed by atoms with van der Waals surface area (Å²) < 4.78 is 45.9. The van der Waals surface area contributed by atoms with Crippen LogP contribution in [0.2, 0.25) is 5.02 Å². The van der Waals surface area contributed by atoms with Crippen molar-refractivity contribution in [1.82, 2.24) is 15.1 Å². The van der Waals surface area contributed by atoms with Crippen molar-refractivity contribution in [2.75, 3.05) is 19.6 Å². The molecule has 1 N–H and O–H groups in total. The third-order valence-corrected chi connectivity index (χ3v) is 7.10. The molecular formula is C28H25ClF3N3O3. The van der Waals surface area contributed by atoms with Gasteiger partial charge in [0.05, 0.1) is 17.6 Å². The minimum Gasteiger partial charge on any atom is -0.457 e. The van der Waals surface area contributed by atoms with Crippen LogP contribution in [-0.2, 0) is 11.0 Å². The van der Waals surface area contributed by atoms with E-state index in [1.54, 1.807) is 47.4 Å². The van der Waals surface area contributed by atoms with Gasteiger partial charge in [0, 0.05) is 31.1 Å². The van der Waals surface area contributed by atoms with Gasteiger partial charge in [-0.2, -0.15) is 13.2 Å². The number of nitrogens with zero attached hydrogens (tertiary/aromatic N) is 2. The van der Waals surface area contributed by atoms with E-state index in [4.69, 9.17) is 16.3 Å². The molecule has 3 amide bonds. The molecule has 0 spiro atoms. The molecule has 3 aromatic carbocycles. The van der Waals surface area contributed by atoms with Gasteiger partial charge in [-0.15, -0.1) is 0 Å². The van der Waals surface area contributed by atoms with Crippen LogP contribution in [0.5, 0.6) is 11.5 Å². The molecule has 0 aromatic heterocycles. The summed E-state index contributed by atoms with van der Waals surface area (Å²) in [6.45, 7) is 0.848. The second kappa shape index (κ2) is 10.6. The number of ether oxygens (including phenoxy) is 1. The number of hydrogen-bond acceptors (Lipinski definition) is 3. The van der Waals surface area contributed by atoms with Gasteiger partial charge in [-0.3, -0.25) is 4.79 Å². The molecule has 2 aliphatic rings. The number of rotatable bonds is 7. The van der Waals surface area contributed by atoms with Crippen molar-refractivity contribution in [1.29, 1.82) is 0 Å². The van der Waals surface area contributed by atoms with Gasteiger partial charge in [0.15, 0.2) is 0 Å². The predicted molar refractivity (Wildman–Crippen MR) is 136 cm³/mol. The highest BCUT2D eigenvalue weighted by Crippen LogP contribution is 2.36. The monoisotopic (exact) mass is 543 g/mol. The molecule has 2 unspecified atom stereocenters. The van der Waals surface area contributed by atoms with E-state index in [0.717, 1.165) is 17.7 Å². The van der Waals surface area contributed by atoms with Crippen LogP contribution in [0, 0.1) is 0 Å². The van der Waals surface area contributed by atoms with Gasteiger partial charge in [-0.05, 0) is 66.1 Å². The van der Waals surface area contributed by atoms with Crippen LogP contribution in [0.4, 0.5) is 18.0 Å². The number of likely N-dealkylation sites (tertiary alicyclic amines) is 1. The fourth-order valence-electron chi connectivity index (χ4n) is 4.93. The van der Waals surface area contributed by atoms with Gasteiger partial charge >= 0.3 is 12.2 Å². The maximum absolute atomic E-state index is 13.3. The molecule has 10 heteroatoms. The molecule has 6 nitrogen and oxygen atoms in total. The van der Waals surface area contributed by atoms with Gasteiger partial charge < -0.3 is 19.9 Å². The first-order valence-electron chi connectivity index (χ1n) is 12.2. The average molecular weight is 544 g/mol. The Balaban J connectivity index is 1.41. The third kappa shape index (κ3) is 5.57. The quantitative estimate of drug-likeness (QED) is 0.366. The second-order valence-corrected chi connectivity index (χ2v) is 9.75. The molecule has 198 valence electrons. The van der Waals surface area contributed by atoms with E-state index >= 15 is 0 Å². The molecule has 0 aliphatic carbocycles. The first-order chi connectivity index (χ1) is 18.2. The number of carbonyl (C=O) groups is 2. The first kappa shape index (κ1) is 25.9. The summed E-state index contributed by atoms with van der Waals surface area (Å²) in [5.41, 5.74) is 0.416. The Bertz CT molecular complexity index is 1320. The molecule has 0 saturated carbocycles. The van der Waals surface area contributed by atoms with Crippen molar-refractivity contribution in [2.45, 2.75) is 31.1 Å². The number of carbonyl (C=O) groups excluding carboxylic acids is 2. The molecule has 2 saturated heterocycles. The second-order valence-electron chi connectivity index (χ2n) is 9.31. The Hall–Kier alpha value is -3.72. The number of halogens is 4. The molecule has 2 fully saturated rings. The van der Waals surface area contributed by atoms with E-state index in [0.29, 0.717) is 41.5 Å². The van der Waals surface area contributed by atoms with Crippen LogP contribution in [-0.4, -0.2) is 41.4 Å². The summed E-state index contributed by atoms with van der Waals surface area (Å²) >= 11 is 5.93. The van der Waals surface area contributed by atoms with Crippen LogP contribution in [0.25, 0.3) is 0 Å². The lowest BCUT2D eigenvalue weighted by Crippen LogP contribution is -2.41. The lowest BCUT2D eigenvalue weighted by atomic mass is 10.0. The van der Waals surface area contributed by atoms with Crippen LogP contribution in [0.3, 0.4) is 0 Å². The number of benzene rings is 3. The molecule has 2 atom stereocenters. The number of hydrogen-bond donors (Lipinski definition) is 1. The fourth-order valence-corrected chi connectivity index (χ4v) is 5.06. The van der Waals surface area contributed by atoms with E-state index in [2.05, 4.69) is 5.32 Å². The lowest BCUT2D eigenvalue weighted by Gasteiger charge is -2.34. The molecule has 38 heavy (non-hydrogen) atoms. The van der Waals surface area contributed by atoms with Gasteiger partial charge in [0.1, 0.15) is 11.5 Å². The maximum Gasteiger partial charge on any atom is 0.416 e. The fraction of sp³-hybridized carbons (Fsp3) is 0.286. The van der Waals surface area contributed by atoms with E-state index in [1.807, 2.05) is 12.1 Å². The molecule has 3 aromatic rings. The summed E-state index contributed by atoms with van der Waals surface area (Å²) in [7, 11) is 0. The smallest absolute Gasteiger partial charge is 0.416 e. The van der Waals surface area contributed by atoms with Crippen LogP contribution >= 0.6 is 11.6 Å². The van der Waals surface area contributed by atoms with Gasteiger partial charge in [-0.25, -0.2) is 4.79 Å². The minimum absolute atomic E-state index is 0.0216. The predicted octanol–water partition coefficient (Wildman–Crippen LogP) is 6.58. The van der Waals surface area contributed by atoms with E-state index in [-0.39, 0.29) is 25.0 Å². The Morgan fingerprint density at radius 2 is 1.68 bits per heavy atom. The zero-order chi connectivity index (χ0) is 26.9. The number of urea groups is 1. The molecule has 2 heterocycles. The highest BCUT2D eigenvalue weighted by molar-refractivity contribution is 6.30. The summed E-state index contributed by atoms with van der Waals surface area (Å²) in [4.78, 5) is 28.8. The van der Waals surface area contributed by atoms with Gasteiger partial charge in [0.2, 0.25) is 5.91 Å². The summed E-state index contributed by atoms with van der Waals surface area (Å²) in [6, 6.07) is 17.8. The summed E-state index contributed by atoms with van der Waals surface area (Å²) in [5, 5.41) is 3.35. The van der Waals surface area contributed by atoms with Crippen molar-refractivity contribution in [3.63, 3.8) is 0 Å². The average Bonchev–Trinajstić information content (AvgIpc) is 3.49. The van der Waals surface area contributed by atoms with E-state index in [9.17, 15) is 22.8 Å². The van der Waals surface area contributed by atoms with Crippen molar-refractivity contribution >= 4 is 23.5 Å². The highest BCUT2D eigenvalue weighted by Gasteiger charge is 2.39. The number of amides is 3. The van der Waals surface area contributed by atoms with Crippen LogP contribution < -0.4 is 10.1 Å². The minimum atomic E-state index is -4.49. The number of alkyl halides is 3. The first-order valence-corrected chi connectivity index (χ1v) is 12.6. The summed E-state index contributed by atoms with van der Waals surface area (Å²) in [6.07, 6.45) is -3.37. The van der Waals surface area contributed by atoms with Crippen molar-refractivity contribution in [2.24, 2.45) is 0 Å². The molecule has 2 aliphatic heterocycles. The topological polar surface area (TPSA) is 61.9 Å². The SMILES string of the molecule is O=C1CCCN1C(CN1C(=O)NCC1c1cccc(C(F)(F)F)c1)c1ccc(Oc2ccc(Cl)cc2)cc1. The molecular weight excluding hydrogens is 519 g/mol.